The lowest BCUT2D eigenvalue weighted by atomic mass is 10.0. The molecule has 1 nitrogen and oxygen atoms in total. The Bertz CT molecular complexity index is 312. The fraction of sp³-hybridized carbons (Fsp3) is 0.273. The molecule has 3 heteroatoms. The van der Waals surface area contributed by atoms with Gasteiger partial charge in [0.05, 0.1) is 0 Å². The summed E-state index contributed by atoms with van der Waals surface area (Å²) in [4.78, 5) is 0. The Labute approximate surface area is 94.0 Å². The Hall–Kier alpha value is -0.440. The first kappa shape index (κ1) is 10.1. The van der Waals surface area contributed by atoms with Crippen LogP contribution in [-0.2, 0) is 6.42 Å². The highest BCUT2D eigenvalue weighted by molar-refractivity contribution is 8.00. The molecule has 1 heterocycles. The molecule has 1 atom stereocenters. The van der Waals surface area contributed by atoms with Crippen molar-refractivity contribution in [2.45, 2.75) is 18.9 Å². The highest BCUT2D eigenvalue weighted by Gasteiger charge is 2.18. The second-order valence-corrected chi connectivity index (χ2v) is 4.77. The van der Waals surface area contributed by atoms with Crippen LogP contribution >= 0.6 is 23.7 Å². The van der Waals surface area contributed by atoms with E-state index >= 15 is 0 Å². The minimum absolute atomic E-state index is 0.411. The summed E-state index contributed by atoms with van der Waals surface area (Å²) in [5, 5.41) is 2.04. The van der Waals surface area contributed by atoms with Gasteiger partial charge in [0.2, 0.25) is 0 Å². The maximum Gasteiger partial charge on any atom is 0.0443 e. The number of hydrogen-bond donors (Lipinski definition) is 0. The number of rotatable bonds is 2. The van der Waals surface area contributed by atoms with Crippen LogP contribution in [0.3, 0.4) is 0 Å². The van der Waals surface area contributed by atoms with Crippen LogP contribution < -0.4 is 0 Å². The minimum Gasteiger partial charge on any atom is -0.156 e. The molecule has 0 radical (unpaired) electrons. The van der Waals surface area contributed by atoms with Crippen LogP contribution in [-0.4, -0.2) is 9.87 Å². The van der Waals surface area contributed by atoms with E-state index in [0.717, 1.165) is 12.8 Å². The Morgan fingerprint density at radius 3 is 2.86 bits per heavy atom. The lowest BCUT2D eigenvalue weighted by Gasteiger charge is -2.25. The maximum absolute atomic E-state index is 6.08. The van der Waals surface area contributed by atoms with Crippen LogP contribution in [0.2, 0.25) is 0 Å². The third-order valence-electron chi connectivity index (χ3n) is 2.27. The molecule has 0 aliphatic carbocycles. The van der Waals surface area contributed by atoms with E-state index in [0.29, 0.717) is 6.04 Å². The van der Waals surface area contributed by atoms with Crippen LogP contribution in [0.5, 0.6) is 0 Å². The van der Waals surface area contributed by atoms with Crippen molar-refractivity contribution in [2.24, 2.45) is 0 Å². The molecule has 0 bridgehead atoms. The first-order chi connectivity index (χ1) is 6.86. The Kier molecular flexibility index (Phi) is 3.51. The van der Waals surface area contributed by atoms with Crippen LogP contribution in [0.15, 0.2) is 41.8 Å². The molecule has 0 saturated heterocycles. The van der Waals surface area contributed by atoms with Crippen molar-refractivity contribution in [3.63, 3.8) is 0 Å². The zero-order chi connectivity index (χ0) is 9.80. The number of hydrogen-bond acceptors (Lipinski definition) is 2. The minimum atomic E-state index is 0.411. The van der Waals surface area contributed by atoms with E-state index in [-0.39, 0.29) is 0 Å². The molecule has 0 N–H and O–H groups in total. The van der Waals surface area contributed by atoms with Crippen molar-refractivity contribution in [3.05, 3.63) is 47.4 Å². The lowest BCUT2D eigenvalue weighted by Crippen LogP contribution is -2.24. The maximum atomic E-state index is 6.08. The van der Waals surface area contributed by atoms with Crippen LogP contribution in [0.4, 0.5) is 0 Å². The van der Waals surface area contributed by atoms with E-state index in [1.165, 1.54) is 5.56 Å². The summed E-state index contributed by atoms with van der Waals surface area (Å²) in [6.07, 6.45) is 4.23. The summed E-state index contributed by atoms with van der Waals surface area (Å²) in [5.41, 5.74) is 1.35. The van der Waals surface area contributed by atoms with Gasteiger partial charge in [-0.05, 0) is 47.5 Å². The number of benzene rings is 1. The molecule has 1 aromatic rings. The summed E-state index contributed by atoms with van der Waals surface area (Å²) < 4.78 is 1.81. The number of halogens is 1. The molecule has 1 unspecified atom stereocenters. The molecular weight excluding hydrogens is 214 g/mol. The summed E-state index contributed by atoms with van der Waals surface area (Å²) in [5.74, 6) is 0. The fourth-order valence-corrected chi connectivity index (χ4v) is 2.46. The highest BCUT2D eigenvalue weighted by atomic mass is 35.5. The second-order valence-electron chi connectivity index (χ2n) is 3.33. The van der Waals surface area contributed by atoms with Gasteiger partial charge in [0.15, 0.2) is 0 Å². The number of nitrogens with zero attached hydrogens (tertiary/aromatic N) is 1. The van der Waals surface area contributed by atoms with E-state index < -0.39 is 0 Å². The van der Waals surface area contributed by atoms with Crippen molar-refractivity contribution >= 4 is 23.7 Å². The molecule has 14 heavy (non-hydrogen) atoms. The van der Waals surface area contributed by atoms with Gasteiger partial charge in [-0.15, -0.1) is 0 Å². The molecule has 0 spiro atoms. The summed E-state index contributed by atoms with van der Waals surface area (Å²) >= 11 is 7.64. The fourth-order valence-electron chi connectivity index (χ4n) is 1.52. The zero-order valence-corrected chi connectivity index (χ0v) is 9.34. The zero-order valence-electron chi connectivity index (χ0n) is 7.77. The average molecular weight is 226 g/mol. The van der Waals surface area contributed by atoms with Crippen molar-refractivity contribution in [3.8, 4) is 0 Å². The third kappa shape index (κ3) is 2.53. The van der Waals surface area contributed by atoms with Crippen molar-refractivity contribution < 1.29 is 0 Å². The van der Waals surface area contributed by atoms with Gasteiger partial charge in [0, 0.05) is 6.04 Å². The Morgan fingerprint density at radius 1 is 1.36 bits per heavy atom. The predicted molar refractivity (Wildman–Crippen MR) is 63.0 cm³/mol. The second kappa shape index (κ2) is 4.87. The first-order valence-corrected chi connectivity index (χ1v) is 5.84. The van der Waals surface area contributed by atoms with Crippen molar-refractivity contribution in [1.29, 1.82) is 0 Å². The molecule has 1 aliphatic heterocycles. The summed E-state index contributed by atoms with van der Waals surface area (Å²) in [6.45, 7) is 0. The molecule has 1 aliphatic rings. The third-order valence-corrected chi connectivity index (χ3v) is 3.60. The molecule has 74 valence electrons. The molecule has 0 aromatic heterocycles. The van der Waals surface area contributed by atoms with Gasteiger partial charge in [-0.3, -0.25) is 0 Å². The van der Waals surface area contributed by atoms with Crippen LogP contribution in [0.1, 0.15) is 12.0 Å². The standard InChI is InChI=1S/C11H12ClNS/c12-13-11(7-4-8-14-13)9-10-5-2-1-3-6-10/h1-6,8,11H,7,9H2. The van der Waals surface area contributed by atoms with Crippen LogP contribution in [0.25, 0.3) is 0 Å². The predicted octanol–water partition coefficient (Wildman–Crippen LogP) is 3.62. The van der Waals surface area contributed by atoms with E-state index in [1.807, 2.05) is 15.3 Å². The first-order valence-electron chi connectivity index (χ1n) is 4.67. The van der Waals surface area contributed by atoms with Gasteiger partial charge in [0.25, 0.3) is 0 Å². The topological polar surface area (TPSA) is 3.24 Å². The van der Waals surface area contributed by atoms with Crippen molar-refractivity contribution in [2.75, 3.05) is 0 Å². The molecule has 0 fully saturated rings. The molecular formula is C11H12ClNS. The summed E-state index contributed by atoms with van der Waals surface area (Å²) in [6, 6.07) is 10.9. The monoisotopic (exact) mass is 225 g/mol. The van der Waals surface area contributed by atoms with Gasteiger partial charge in [0.1, 0.15) is 0 Å². The average Bonchev–Trinajstić information content (AvgIpc) is 2.23. The highest BCUT2D eigenvalue weighted by Crippen LogP contribution is 2.28. The van der Waals surface area contributed by atoms with Gasteiger partial charge in [-0.2, -0.15) is 3.82 Å². The van der Waals surface area contributed by atoms with Gasteiger partial charge in [-0.1, -0.05) is 36.4 Å². The van der Waals surface area contributed by atoms with Gasteiger partial charge in [-0.25, -0.2) is 0 Å². The Balaban J connectivity index is 2.00. The molecule has 0 amide bonds. The normalized spacial score (nSPS) is 22.5. The van der Waals surface area contributed by atoms with Crippen molar-refractivity contribution in [1.82, 2.24) is 3.82 Å². The van der Waals surface area contributed by atoms with E-state index in [4.69, 9.17) is 11.8 Å². The lowest BCUT2D eigenvalue weighted by molar-refractivity contribution is 0.496. The van der Waals surface area contributed by atoms with E-state index in [1.54, 1.807) is 11.9 Å². The molecule has 1 aromatic carbocycles. The largest absolute Gasteiger partial charge is 0.156 e. The van der Waals surface area contributed by atoms with Gasteiger partial charge < -0.3 is 0 Å². The van der Waals surface area contributed by atoms with E-state index in [2.05, 4.69) is 30.3 Å². The summed E-state index contributed by atoms with van der Waals surface area (Å²) in [7, 11) is 0. The molecule has 0 saturated carbocycles. The molecule has 2 rings (SSSR count). The van der Waals surface area contributed by atoms with Gasteiger partial charge >= 0.3 is 0 Å². The Morgan fingerprint density at radius 2 is 2.14 bits per heavy atom. The van der Waals surface area contributed by atoms with Crippen LogP contribution in [0, 0.1) is 0 Å². The quantitative estimate of drug-likeness (QED) is 0.559. The SMILES string of the molecule is ClN1SC=CCC1Cc1ccccc1. The smallest absolute Gasteiger partial charge is 0.0443 e. The van der Waals surface area contributed by atoms with E-state index in [9.17, 15) is 0 Å².